The van der Waals surface area contributed by atoms with Crippen LogP contribution in [0.15, 0.2) is 23.0 Å². The fourth-order valence-corrected chi connectivity index (χ4v) is 1.92. The molecule has 20 heavy (non-hydrogen) atoms. The molecule has 5 heteroatoms. The van der Waals surface area contributed by atoms with Crippen LogP contribution in [0.25, 0.3) is 0 Å². The molecular weight excluding hydrogens is 256 g/mol. The molecule has 1 rings (SSSR count). The second-order valence-corrected chi connectivity index (χ2v) is 5.63. The maximum absolute atomic E-state index is 12.3. The Morgan fingerprint density at radius 3 is 2.50 bits per heavy atom. The van der Waals surface area contributed by atoms with Gasteiger partial charge in [0, 0.05) is 25.6 Å². The normalized spacial score (nSPS) is 10.9. The topological polar surface area (TPSA) is 62.6 Å². The van der Waals surface area contributed by atoms with Crippen molar-refractivity contribution in [2.24, 2.45) is 5.92 Å². The van der Waals surface area contributed by atoms with Crippen LogP contribution < -0.4 is 5.32 Å². The molecule has 2 amide bonds. The Morgan fingerprint density at radius 1 is 1.30 bits per heavy atom. The Hall–Kier alpha value is -1.78. The fraction of sp³-hybridized carbons (Fsp3) is 0.600. The van der Waals surface area contributed by atoms with Crippen molar-refractivity contribution >= 4 is 11.8 Å². The molecular formula is C15H24N2O3. The zero-order valence-corrected chi connectivity index (χ0v) is 12.7. The third-order valence-corrected chi connectivity index (χ3v) is 2.70. The Morgan fingerprint density at radius 2 is 2.00 bits per heavy atom. The minimum atomic E-state index is -0.0928. The summed E-state index contributed by atoms with van der Waals surface area (Å²) in [6.45, 7) is 8.97. The van der Waals surface area contributed by atoms with Crippen LogP contribution in [0.1, 0.15) is 44.5 Å². The number of rotatable bonds is 7. The lowest BCUT2D eigenvalue weighted by atomic mass is 10.1. The molecule has 1 N–H and O–H groups in total. The Balaban J connectivity index is 2.61. The summed E-state index contributed by atoms with van der Waals surface area (Å²) >= 11 is 0. The molecule has 0 fully saturated rings. The highest BCUT2D eigenvalue weighted by Gasteiger charge is 2.18. The molecule has 112 valence electrons. The molecule has 0 aliphatic heterocycles. The summed E-state index contributed by atoms with van der Waals surface area (Å²) in [4.78, 5) is 25.7. The maximum atomic E-state index is 12.3. The second kappa shape index (κ2) is 7.72. The van der Waals surface area contributed by atoms with Crippen LogP contribution in [-0.4, -0.2) is 35.8 Å². The zero-order valence-electron chi connectivity index (χ0n) is 12.7. The molecule has 0 bridgehead atoms. The van der Waals surface area contributed by atoms with E-state index in [0.29, 0.717) is 31.0 Å². The first-order valence-electron chi connectivity index (χ1n) is 7.01. The van der Waals surface area contributed by atoms with Crippen molar-refractivity contribution < 1.29 is 14.0 Å². The zero-order chi connectivity index (χ0) is 15.1. The van der Waals surface area contributed by atoms with Crippen LogP contribution in [-0.2, 0) is 4.79 Å². The van der Waals surface area contributed by atoms with E-state index in [-0.39, 0.29) is 17.9 Å². The Bertz CT molecular complexity index is 424. The lowest BCUT2D eigenvalue weighted by Crippen LogP contribution is -2.38. The van der Waals surface area contributed by atoms with Crippen LogP contribution in [0.5, 0.6) is 0 Å². The van der Waals surface area contributed by atoms with Gasteiger partial charge in [-0.3, -0.25) is 9.59 Å². The molecule has 0 atom stereocenters. The highest BCUT2D eigenvalue weighted by Crippen LogP contribution is 2.09. The van der Waals surface area contributed by atoms with Gasteiger partial charge in [-0.1, -0.05) is 13.8 Å². The minimum Gasteiger partial charge on any atom is -0.472 e. The number of hydrogen-bond acceptors (Lipinski definition) is 3. The van der Waals surface area contributed by atoms with Gasteiger partial charge < -0.3 is 14.6 Å². The van der Waals surface area contributed by atoms with E-state index >= 15 is 0 Å². The van der Waals surface area contributed by atoms with Gasteiger partial charge in [-0.25, -0.2) is 0 Å². The van der Waals surface area contributed by atoms with E-state index in [1.807, 2.05) is 27.7 Å². The van der Waals surface area contributed by atoms with E-state index < -0.39 is 0 Å². The first kappa shape index (κ1) is 16.3. The summed E-state index contributed by atoms with van der Waals surface area (Å²) in [5.74, 6) is 0.220. The molecule has 1 heterocycles. The van der Waals surface area contributed by atoms with Crippen LogP contribution >= 0.6 is 0 Å². The van der Waals surface area contributed by atoms with Crippen LogP contribution in [0.2, 0.25) is 0 Å². The molecule has 1 aromatic rings. The molecule has 0 saturated heterocycles. The number of amides is 2. The SMILES string of the molecule is CC(C)CN(CCC(=O)NC(C)C)C(=O)c1ccoc1. The van der Waals surface area contributed by atoms with E-state index in [0.717, 1.165) is 0 Å². The number of furan rings is 1. The molecule has 0 spiro atoms. The third kappa shape index (κ3) is 5.47. The summed E-state index contributed by atoms with van der Waals surface area (Å²) in [5.41, 5.74) is 0.523. The monoisotopic (exact) mass is 280 g/mol. The lowest BCUT2D eigenvalue weighted by Gasteiger charge is -2.24. The van der Waals surface area contributed by atoms with Crippen molar-refractivity contribution in [3.63, 3.8) is 0 Å². The third-order valence-electron chi connectivity index (χ3n) is 2.70. The molecule has 0 aliphatic rings. The predicted octanol–water partition coefficient (Wildman–Crippen LogP) is 2.29. The summed E-state index contributed by atoms with van der Waals surface area (Å²) in [6.07, 6.45) is 3.23. The molecule has 0 aliphatic carbocycles. The number of nitrogens with one attached hydrogen (secondary N) is 1. The van der Waals surface area contributed by atoms with Gasteiger partial charge in [-0.2, -0.15) is 0 Å². The van der Waals surface area contributed by atoms with Gasteiger partial charge in [0.05, 0.1) is 11.8 Å². The highest BCUT2D eigenvalue weighted by molar-refractivity contribution is 5.94. The van der Waals surface area contributed by atoms with Gasteiger partial charge in [0.25, 0.3) is 5.91 Å². The lowest BCUT2D eigenvalue weighted by molar-refractivity contribution is -0.121. The van der Waals surface area contributed by atoms with Crippen molar-refractivity contribution in [3.05, 3.63) is 24.2 Å². The van der Waals surface area contributed by atoms with E-state index in [2.05, 4.69) is 5.32 Å². The Kier molecular flexibility index (Phi) is 6.28. The first-order valence-corrected chi connectivity index (χ1v) is 7.01. The van der Waals surface area contributed by atoms with E-state index in [4.69, 9.17) is 4.42 Å². The van der Waals surface area contributed by atoms with Gasteiger partial charge in [0.1, 0.15) is 6.26 Å². The summed E-state index contributed by atoms with van der Waals surface area (Å²) in [7, 11) is 0. The smallest absolute Gasteiger partial charge is 0.257 e. The van der Waals surface area contributed by atoms with Gasteiger partial charge in [0.15, 0.2) is 0 Å². The van der Waals surface area contributed by atoms with Crippen molar-refractivity contribution in [1.29, 1.82) is 0 Å². The van der Waals surface area contributed by atoms with Crippen LogP contribution in [0, 0.1) is 5.92 Å². The standard InChI is InChI=1S/C15H24N2O3/c1-11(2)9-17(7-5-14(18)16-12(3)4)15(19)13-6-8-20-10-13/h6,8,10-12H,5,7,9H2,1-4H3,(H,16,18). The minimum absolute atomic E-state index is 0.0336. The molecule has 0 saturated carbocycles. The van der Waals surface area contributed by atoms with Crippen molar-refractivity contribution in [3.8, 4) is 0 Å². The summed E-state index contributed by atoms with van der Waals surface area (Å²) < 4.78 is 4.94. The quantitative estimate of drug-likeness (QED) is 0.833. The highest BCUT2D eigenvalue weighted by atomic mass is 16.3. The number of carbonyl (C=O) groups excluding carboxylic acids is 2. The molecule has 1 aromatic heterocycles. The second-order valence-electron chi connectivity index (χ2n) is 5.63. The molecule has 0 aromatic carbocycles. The van der Waals surface area contributed by atoms with Crippen molar-refractivity contribution in [2.75, 3.05) is 13.1 Å². The van der Waals surface area contributed by atoms with Gasteiger partial charge in [-0.05, 0) is 25.8 Å². The molecule has 0 radical (unpaired) electrons. The Labute approximate surface area is 120 Å². The number of carbonyl (C=O) groups is 2. The fourth-order valence-electron chi connectivity index (χ4n) is 1.92. The van der Waals surface area contributed by atoms with E-state index in [1.54, 1.807) is 11.0 Å². The van der Waals surface area contributed by atoms with Crippen molar-refractivity contribution in [1.82, 2.24) is 10.2 Å². The number of nitrogens with zero attached hydrogens (tertiary/aromatic N) is 1. The molecule has 0 unspecified atom stereocenters. The van der Waals surface area contributed by atoms with Gasteiger partial charge in [-0.15, -0.1) is 0 Å². The largest absolute Gasteiger partial charge is 0.472 e. The maximum Gasteiger partial charge on any atom is 0.257 e. The first-order chi connectivity index (χ1) is 9.40. The predicted molar refractivity (Wildman–Crippen MR) is 77.3 cm³/mol. The molecule has 5 nitrogen and oxygen atoms in total. The van der Waals surface area contributed by atoms with Gasteiger partial charge >= 0.3 is 0 Å². The average molecular weight is 280 g/mol. The number of hydrogen-bond donors (Lipinski definition) is 1. The van der Waals surface area contributed by atoms with E-state index in [1.165, 1.54) is 12.5 Å². The van der Waals surface area contributed by atoms with E-state index in [9.17, 15) is 9.59 Å². The summed E-state index contributed by atoms with van der Waals surface area (Å²) in [5, 5.41) is 2.83. The van der Waals surface area contributed by atoms with Crippen LogP contribution in [0.3, 0.4) is 0 Å². The van der Waals surface area contributed by atoms with Gasteiger partial charge in [0.2, 0.25) is 5.91 Å². The van der Waals surface area contributed by atoms with Crippen LogP contribution in [0.4, 0.5) is 0 Å². The summed E-state index contributed by atoms with van der Waals surface area (Å²) in [6, 6.07) is 1.76. The van der Waals surface area contributed by atoms with Crippen molar-refractivity contribution in [2.45, 2.75) is 40.2 Å². The average Bonchev–Trinajstić information content (AvgIpc) is 2.86.